The molecular weight excluding hydrogens is 422 g/mol. The molecule has 0 bridgehead atoms. The van der Waals surface area contributed by atoms with Crippen molar-refractivity contribution in [2.24, 2.45) is 5.10 Å². The van der Waals surface area contributed by atoms with Gasteiger partial charge in [-0.3, -0.25) is 4.79 Å². The summed E-state index contributed by atoms with van der Waals surface area (Å²) >= 11 is 0. The lowest BCUT2D eigenvalue weighted by Crippen LogP contribution is -2.18. The second-order valence-electron chi connectivity index (χ2n) is 7.97. The number of nitrogens with zero attached hydrogens (tertiary/aromatic N) is 4. The van der Waals surface area contributed by atoms with E-state index in [0.717, 1.165) is 44.8 Å². The van der Waals surface area contributed by atoms with Crippen molar-refractivity contribution in [2.75, 3.05) is 0 Å². The number of fused-ring (bicyclic) bond motifs is 1. The summed E-state index contributed by atoms with van der Waals surface area (Å²) in [5.41, 5.74) is 9.28. The van der Waals surface area contributed by atoms with Gasteiger partial charge in [0.25, 0.3) is 5.91 Å². The highest BCUT2D eigenvalue weighted by Gasteiger charge is 2.14. The molecule has 6 nitrogen and oxygen atoms in total. The van der Waals surface area contributed by atoms with Gasteiger partial charge in [-0.15, -0.1) is 0 Å². The normalized spacial score (nSPS) is 11.2. The summed E-state index contributed by atoms with van der Waals surface area (Å²) in [6, 6.07) is 29.2. The lowest BCUT2D eigenvalue weighted by atomic mass is 10.0. The van der Waals surface area contributed by atoms with Crippen molar-refractivity contribution >= 4 is 23.0 Å². The maximum Gasteiger partial charge on any atom is 0.272 e. The first-order chi connectivity index (χ1) is 16.6. The van der Waals surface area contributed by atoms with Crippen LogP contribution in [-0.4, -0.2) is 26.9 Å². The number of hydrazone groups is 1. The molecule has 0 aliphatic rings. The van der Waals surface area contributed by atoms with Gasteiger partial charge in [0.1, 0.15) is 0 Å². The molecule has 0 spiro atoms. The lowest BCUT2D eigenvalue weighted by molar-refractivity contribution is 0.0956. The van der Waals surface area contributed by atoms with Gasteiger partial charge in [0.05, 0.1) is 40.1 Å². The summed E-state index contributed by atoms with van der Waals surface area (Å²) in [5.74, 6) is -0.294. The SMILES string of the molecule is Cc1nn(-c2ccccc2)c(C)c1/C=N/NC(=O)c1cc(-c2ccccc2)nc2ccccc12. The Kier molecular flexibility index (Phi) is 5.70. The standard InChI is InChI=1S/C28H23N5O/c1-19-25(20(2)33(32-19)22-13-7-4-8-14-22)18-29-31-28(34)24-17-27(21-11-5-3-6-12-21)30-26-16-10-9-15-23(24)26/h3-18H,1-2H3,(H,31,34)/b29-18+. The maximum absolute atomic E-state index is 13.2. The highest BCUT2D eigenvalue weighted by molar-refractivity contribution is 6.07. The van der Waals surface area contributed by atoms with Crippen LogP contribution in [0.1, 0.15) is 27.3 Å². The summed E-state index contributed by atoms with van der Waals surface area (Å²) < 4.78 is 1.88. The number of rotatable bonds is 5. The number of para-hydroxylation sites is 2. The molecule has 3 aromatic carbocycles. The molecule has 6 heteroatoms. The lowest BCUT2D eigenvalue weighted by Gasteiger charge is -2.09. The van der Waals surface area contributed by atoms with E-state index in [2.05, 4.69) is 15.6 Å². The molecule has 1 N–H and O–H groups in total. The number of carbonyl (C=O) groups excluding carboxylic acids is 1. The zero-order valence-corrected chi connectivity index (χ0v) is 18.9. The minimum atomic E-state index is -0.294. The van der Waals surface area contributed by atoms with Crippen LogP contribution in [0.15, 0.2) is 96.1 Å². The summed E-state index contributed by atoms with van der Waals surface area (Å²) in [5, 5.41) is 9.66. The molecule has 0 unspecified atom stereocenters. The molecule has 0 radical (unpaired) electrons. The summed E-state index contributed by atoms with van der Waals surface area (Å²) in [6.45, 7) is 3.91. The number of carbonyl (C=O) groups is 1. The van der Waals surface area contributed by atoms with E-state index < -0.39 is 0 Å². The summed E-state index contributed by atoms with van der Waals surface area (Å²) in [6.07, 6.45) is 1.65. The Morgan fingerprint density at radius 2 is 1.59 bits per heavy atom. The third kappa shape index (κ3) is 4.09. The molecule has 0 saturated heterocycles. The van der Waals surface area contributed by atoms with Crippen LogP contribution in [0.3, 0.4) is 0 Å². The topological polar surface area (TPSA) is 72.2 Å². The third-order valence-electron chi connectivity index (χ3n) is 5.74. The van der Waals surface area contributed by atoms with Crippen LogP contribution >= 0.6 is 0 Å². The van der Waals surface area contributed by atoms with Crippen molar-refractivity contribution in [3.63, 3.8) is 0 Å². The van der Waals surface area contributed by atoms with Crippen molar-refractivity contribution in [1.29, 1.82) is 0 Å². The number of pyridine rings is 1. The predicted octanol–water partition coefficient (Wildman–Crippen LogP) is 5.47. The quantitative estimate of drug-likeness (QED) is 0.288. The van der Waals surface area contributed by atoms with Gasteiger partial charge < -0.3 is 0 Å². The fraction of sp³-hybridized carbons (Fsp3) is 0.0714. The molecule has 2 aromatic heterocycles. The number of aryl methyl sites for hydroxylation is 1. The molecule has 166 valence electrons. The highest BCUT2D eigenvalue weighted by atomic mass is 16.2. The average molecular weight is 446 g/mol. The van der Waals surface area contributed by atoms with Crippen molar-refractivity contribution in [1.82, 2.24) is 20.2 Å². The fourth-order valence-corrected chi connectivity index (χ4v) is 4.00. The van der Waals surface area contributed by atoms with Gasteiger partial charge in [0, 0.05) is 16.5 Å². The first kappa shape index (κ1) is 21.3. The van der Waals surface area contributed by atoms with Crippen molar-refractivity contribution in [2.45, 2.75) is 13.8 Å². The minimum Gasteiger partial charge on any atom is -0.267 e. The molecule has 5 rings (SSSR count). The van der Waals surface area contributed by atoms with E-state index in [-0.39, 0.29) is 5.91 Å². The Bertz CT molecular complexity index is 1500. The molecule has 5 aromatic rings. The van der Waals surface area contributed by atoms with Crippen molar-refractivity contribution < 1.29 is 4.79 Å². The van der Waals surface area contributed by atoms with E-state index in [1.54, 1.807) is 6.21 Å². The smallest absolute Gasteiger partial charge is 0.267 e. The van der Waals surface area contributed by atoms with E-state index in [9.17, 15) is 4.79 Å². The maximum atomic E-state index is 13.2. The number of nitrogens with one attached hydrogen (secondary N) is 1. The van der Waals surface area contributed by atoms with Gasteiger partial charge in [-0.2, -0.15) is 10.2 Å². The van der Waals surface area contributed by atoms with Gasteiger partial charge in [-0.1, -0.05) is 66.7 Å². The molecule has 0 saturated carbocycles. The van der Waals surface area contributed by atoms with E-state index in [4.69, 9.17) is 4.98 Å². The van der Waals surface area contributed by atoms with Crippen LogP contribution in [0.25, 0.3) is 27.8 Å². The van der Waals surface area contributed by atoms with Crippen LogP contribution in [0, 0.1) is 13.8 Å². The minimum absolute atomic E-state index is 0.294. The Morgan fingerprint density at radius 3 is 2.35 bits per heavy atom. The van der Waals surface area contributed by atoms with Crippen molar-refractivity contribution in [3.8, 4) is 16.9 Å². The van der Waals surface area contributed by atoms with Gasteiger partial charge in [-0.25, -0.2) is 15.1 Å². The van der Waals surface area contributed by atoms with E-state index in [1.807, 2.05) is 110 Å². The van der Waals surface area contributed by atoms with Crippen LogP contribution in [0.5, 0.6) is 0 Å². The van der Waals surface area contributed by atoms with Crippen molar-refractivity contribution in [3.05, 3.63) is 114 Å². The Morgan fingerprint density at radius 1 is 0.912 bits per heavy atom. The van der Waals surface area contributed by atoms with Crippen LogP contribution in [-0.2, 0) is 0 Å². The van der Waals surface area contributed by atoms with E-state index >= 15 is 0 Å². The van der Waals surface area contributed by atoms with Gasteiger partial charge in [0.2, 0.25) is 0 Å². The second kappa shape index (κ2) is 9.11. The van der Waals surface area contributed by atoms with Crippen LogP contribution < -0.4 is 5.43 Å². The molecule has 1 amide bonds. The number of benzene rings is 3. The van der Waals surface area contributed by atoms with Gasteiger partial charge in [0.15, 0.2) is 0 Å². The average Bonchev–Trinajstić information content (AvgIpc) is 3.17. The predicted molar refractivity (Wildman–Crippen MR) is 135 cm³/mol. The largest absolute Gasteiger partial charge is 0.272 e. The Hall–Kier alpha value is -4.58. The Labute approximate surface area is 197 Å². The first-order valence-corrected chi connectivity index (χ1v) is 11.0. The van der Waals surface area contributed by atoms with Crippen LogP contribution in [0.4, 0.5) is 0 Å². The first-order valence-electron chi connectivity index (χ1n) is 11.0. The molecule has 2 heterocycles. The highest BCUT2D eigenvalue weighted by Crippen LogP contribution is 2.25. The number of amides is 1. The monoisotopic (exact) mass is 445 g/mol. The number of hydrogen-bond donors (Lipinski definition) is 1. The molecule has 0 fully saturated rings. The molecule has 0 atom stereocenters. The van der Waals surface area contributed by atoms with E-state index in [1.165, 1.54) is 0 Å². The fourth-order valence-electron chi connectivity index (χ4n) is 4.00. The second-order valence-corrected chi connectivity index (χ2v) is 7.97. The Balaban J connectivity index is 1.44. The molecule has 0 aliphatic carbocycles. The van der Waals surface area contributed by atoms with E-state index in [0.29, 0.717) is 5.56 Å². The molecule has 34 heavy (non-hydrogen) atoms. The molecule has 0 aliphatic heterocycles. The zero-order valence-electron chi connectivity index (χ0n) is 18.9. The van der Waals surface area contributed by atoms with Crippen LogP contribution in [0.2, 0.25) is 0 Å². The van der Waals surface area contributed by atoms with Gasteiger partial charge in [-0.05, 0) is 38.1 Å². The van der Waals surface area contributed by atoms with Gasteiger partial charge >= 0.3 is 0 Å². The number of hydrogen-bond acceptors (Lipinski definition) is 4. The molecular formula is C28H23N5O. The summed E-state index contributed by atoms with van der Waals surface area (Å²) in [7, 11) is 0. The summed E-state index contributed by atoms with van der Waals surface area (Å²) in [4.78, 5) is 17.9. The third-order valence-corrected chi connectivity index (χ3v) is 5.74. The zero-order chi connectivity index (χ0) is 23.5. The number of aromatic nitrogens is 3.